The van der Waals surface area contributed by atoms with Crippen molar-refractivity contribution in [1.29, 1.82) is 0 Å². The van der Waals surface area contributed by atoms with Gasteiger partial charge in [0.1, 0.15) is 0 Å². The number of hydrogen-bond acceptors (Lipinski definition) is 2. The number of benzene rings is 1. The van der Waals surface area contributed by atoms with E-state index in [1.807, 2.05) is 18.2 Å². The molecule has 1 aromatic carbocycles. The monoisotopic (exact) mass is 273 g/mol. The van der Waals surface area contributed by atoms with Crippen LogP contribution in [0.25, 0.3) is 6.08 Å². The van der Waals surface area contributed by atoms with Gasteiger partial charge in [0.2, 0.25) is 0 Å². The van der Waals surface area contributed by atoms with E-state index in [4.69, 9.17) is 5.11 Å². The molecule has 1 fully saturated rings. The quantitative estimate of drug-likeness (QED) is 0.864. The van der Waals surface area contributed by atoms with Crippen LogP contribution in [0.4, 0.5) is 0 Å². The highest BCUT2D eigenvalue weighted by atomic mass is 16.4. The zero-order valence-electron chi connectivity index (χ0n) is 11.9. The summed E-state index contributed by atoms with van der Waals surface area (Å²) in [6.07, 6.45) is 7.80. The molecule has 0 atom stereocenters. The summed E-state index contributed by atoms with van der Waals surface area (Å²) in [4.78, 5) is 13.0. The number of piperidine rings is 1. The van der Waals surface area contributed by atoms with Crippen LogP contribution >= 0.6 is 0 Å². The number of likely N-dealkylation sites (tertiary alicyclic amines) is 1. The minimum atomic E-state index is -0.668. The summed E-state index contributed by atoms with van der Waals surface area (Å²) in [6, 6.07) is 10.3. The van der Waals surface area contributed by atoms with E-state index in [2.05, 4.69) is 29.2 Å². The Hall–Kier alpha value is -1.61. The molecule has 0 aliphatic carbocycles. The number of aliphatic carboxylic acids is 1. The molecule has 0 radical (unpaired) electrons. The van der Waals surface area contributed by atoms with E-state index in [0.29, 0.717) is 12.3 Å². The molecular formula is C17H23NO2. The molecule has 1 aliphatic rings. The molecule has 3 nitrogen and oxygen atoms in total. The van der Waals surface area contributed by atoms with Crippen molar-refractivity contribution in [3.8, 4) is 0 Å². The smallest absolute Gasteiger partial charge is 0.303 e. The molecule has 0 unspecified atom stereocenters. The third-order valence-electron chi connectivity index (χ3n) is 3.95. The van der Waals surface area contributed by atoms with Gasteiger partial charge < -0.3 is 5.11 Å². The van der Waals surface area contributed by atoms with Crippen LogP contribution < -0.4 is 0 Å². The van der Waals surface area contributed by atoms with Crippen LogP contribution in [0.1, 0.15) is 31.2 Å². The lowest BCUT2D eigenvalue weighted by Crippen LogP contribution is -2.33. The van der Waals surface area contributed by atoms with Crippen molar-refractivity contribution < 1.29 is 9.90 Å². The van der Waals surface area contributed by atoms with Gasteiger partial charge >= 0.3 is 5.97 Å². The lowest BCUT2D eigenvalue weighted by molar-refractivity contribution is -0.137. The predicted molar refractivity (Wildman–Crippen MR) is 81.5 cm³/mol. The van der Waals surface area contributed by atoms with E-state index in [0.717, 1.165) is 38.9 Å². The number of rotatable bonds is 6. The Balaban J connectivity index is 1.67. The van der Waals surface area contributed by atoms with E-state index in [9.17, 15) is 4.79 Å². The second kappa shape index (κ2) is 7.85. The van der Waals surface area contributed by atoms with Crippen molar-refractivity contribution in [1.82, 2.24) is 4.90 Å². The van der Waals surface area contributed by atoms with E-state index < -0.39 is 5.97 Å². The summed E-state index contributed by atoms with van der Waals surface area (Å²) in [5.41, 5.74) is 1.24. The van der Waals surface area contributed by atoms with Crippen LogP contribution in [0.2, 0.25) is 0 Å². The Labute approximate surface area is 120 Å². The molecule has 0 bridgehead atoms. The van der Waals surface area contributed by atoms with Crippen LogP contribution in [-0.2, 0) is 4.79 Å². The fraction of sp³-hybridized carbons (Fsp3) is 0.471. The van der Waals surface area contributed by atoms with Crippen LogP contribution in [0.15, 0.2) is 36.4 Å². The van der Waals surface area contributed by atoms with Gasteiger partial charge in [-0.3, -0.25) is 9.69 Å². The summed E-state index contributed by atoms with van der Waals surface area (Å²) in [6.45, 7) is 3.16. The summed E-state index contributed by atoms with van der Waals surface area (Å²) >= 11 is 0. The summed E-state index contributed by atoms with van der Waals surface area (Å²) < 4.78 is 0. The third kappa shape index (κ3) is 5.17. The van der Waals surface area contributed by atoms with Gasteiger partial charge in [-0.15, -0.1) is 0 Å². The zero-order chi connectivity index (χ0) is 14.2. The number of carbonyl (C=O) groups is 1. The fourth-order valence-corrected chi connectivity index (χ4v) is 2.69. The lowest BCUT2D eigenvalue weighted by atomic mass is 9.92. The van der Waals surface area contributed by atoms with Crippen molar-refractivity contribution in [3.05, 3.63) is 42.0 Å². The summed E-state index contributed by atoms with van der Waals surface area (Å²) in [7, 11) is 0. The number of nitrogens with zero attached hydrogens (tertiary/aromatic N) is 1. The van der Waals surface area contributed by atoms with Crippen LogP contribution in [0.5, 0.6) is 0 Å². The van der Waals surface area contributed by atoms with Crippen molar-refractivity contribution >= 4 is 12.0 Å². The maximum absolute atomic E-state index is 10.6. The minimum absolute atomic E-state index is 0.318. The summed E-state index contributed by atoms with van der Waals surface area (Å²) in [5.74, 6) is -0.0707. The Bertz CT molecular complexity index is 434. The molecule has 0 spiro atoms. The molecule has 1 aromatic rings. The normalized spacial score (nSPS) is 17.6. The average Bonchev–Trinajstić information content (AvgIpc) is 2.47. The van der Waals surface area contributed by atoms with Crippen LogP contribution in [0.3, 0.4) is 0 Å². The van der Waals surface area contributed by atoms with Gasteiger partial charge in [-0.1, -0.05) is 42.5 Å². The minimum Gasteiger partial charge on any atom is -0.481 e. The molecular weight excluding hydrogens is 250 g/mol. The van der Waals surface area contributed by atoms with Crippen molar-refractivity contribution in [3.63, 3.8) is 0 Å². The Morgan fingerprint density at radius 1 is 1.25 bits per heavy atom. The Morgan fingerprint density at radius 2 is 1.95 bits per heavy atom. The lowest BCUT2D eigenvalue weighted by Gasteiger charge is -2.30. The van der Waals surface area contributed by atoms with E-state index >= 15 is 0 Å². The molecule has 3 heteroatoms. The molecule has 1 aliphatic heterocycles. The number of carboxylic acid groups (broad SMARTS) is 1. The van der Waals surface area contributed by atoms with Gasteiger partial charge in [0.25, 0.3) is 0 Å². The molecule has 0 aromatic heterocycles. The molecule has 108 valence electrons. The van der Waals surface area contributed by atoms with E-state index in [1.165, 1.54) is 5.56 Å². The van der Waals surface area contributed by atoms with Gasteiger partial charge in [-0.25, -0.2) is 0 Å². The van der Waals surface area contributed by atoms with E-state index in [-0.39, 0.29) is 0 Å². The first-order valence-corrected chi connectivity index (χ1v) is 7.40. The fourth-order valence-electron chi connectivity index (χ4n) is 2.69. The van der Waals surface area contributed by atoms with Gasteiger partial charge in [-0.05, 0) is 43.8 Å². The first kappa shape index (κ1) is 14.8. The van der Waals surface area contributed by atoms with Gasteiger partial charge in [0.15, 0.2) is 0 Å². The number of hydrogen-bond donors (Lipinski definition) is 1. The van der Waals surface area contributed by atoms with Crippen molar-refractivity contribution in [2.75, 3.05) is 19.6 Å². The first-order chi connectivity index (χ1) is 9.74. The van der Waals surface area contributed by atoms with Crippen LogP contribution in [-0.4, -0.2) is 35.6 Å². The summed E-state index contributed by atoms with van der Waals surface area (Å²) in [5, 5.41) is 8.70. The molecule has 0 amide bonds. The second-order valence-corrected chi connectivity index (χ2v) is 5.49. The largest absolute Gasteiger partial charge is 0.481 e. The van der Waals surface area contributed by atoms with Gasteiger partial charge in [0, 0.05) is 13.0 Å². The Kier molecular flexibility index (Phi) is 5.81. The van der Waals surface area contributed by atoms with E-state index in [1.54, 1.807) is 0 Å². The predicted octanol–water partition coefficient (Wildman–Crippen LogP) is 3.28. The maximum atomic E-state index is 10.6. The average molecular weight is 273 g/mol. The van der Waals surface area contributed by atoms with Crippen LogP contribution in [0, 0.1) is 5.92 Å². The molecule has 1 N–H and O–H groups in total. The zero-order valence-corrected chi connectivity index (χ0v) is 11.9. The highest BCUT2D eigenvalue weighted by Crippen LogP contribution is 2.21. The maximum Gasteiger partial charge on any atom is 0.303 e. The molecule has 20 heavy (non-hydrogen) atoms. The van der Waals surface area contributed by atoms with Gasteiger partial charge in [0.05, 0.1) is 0 Å². The molecule has 1 heterocycles. The van der Waals surface area contributed by atoms with Crippen molar-refractivity contribution in [2.45, 2.75) is 25.7 Å². The highest BCUT2D eigenvalue weighted by molar-refractivity contribution is 5.66. The standard InChI is InChI=1S/C17H23NO2/c19-17(20)9-8-16-10-13-18(14-11-16)12-4-7-15-5-2-1-3-6-15/h1-7,16H,8-14H2,(H,19,20)/b7-4+. The highest BCUT2D eigenvalue weighted by Gasteiger charge is 2.18. The molecule has 2 rings (SSSR count). The van der Waals surface area contributed by atoms with Crippen molar-refractivity contribution in [2.24, 2.45) is 5.92 Å². The third-order valence-corrected chi connectivity index (χ3v) is 3.95. The first-order valence-electron chi connectivity index (χ1n) is 7.40. The Morgan fingerprint density at radius 3 is 2.60 bits per heavy atom. The van der Waals surface area contributed by atoms with Gasteiger partial charge in [-0.2, -0.15) is 0 Å². The molecule has 0 saturated carbocycles. The SMILES string of the molecule is O=C(O)CCC1CCN(C/C=C/c2ccccc2)CC1. The topological polar surface area (TPSA) is 40.5 Å². The molecule has 1 saturated heterocycles. The number of carboxylic acids is 1. The second-order valence-electron chi connectivity index (χ2n) is 5.49.